The molecule has 5 aromatic rings. The number of nitrogens with one attached hydrogen (secondary N) is 1. The maximum absolute atomic E-state index is 14.4. The van der Waals surface area contributed by atoms with E-state index in [1.807, 2.05) is 25.2 Å². The second-order valence-electron chi connectivity index (χ2n) is 12.5. The van der Waals surface area contributed by atoms with Gasteiger partial charge in [-0.05, 0) is 66.5 Å². The summed E-state index contributed by atoms with van der Waals surface area (Å²) in [4.78, 5) is 39.6. The number of piperazine rings is 1. The lowest BCUT2D eigenvalue weighted by Crippen LogP contribution is -2.63. The number of benzene rings is 2. The second kappa shape index (κ2) is 10.9. The zero-order chi connectivity index (χ0) is 33.5. The molecule has 1 saturated heterocycles. The first-order chi connectivity index (χ1) is 22.3. The van der Waals surface area contributed by atoms with Crippen molar-refractivity contribution in [1.29, 1.82) is 0 Å². The van der Waals surface area contributed by atoms with Crippen molar-refractivity contribution in [3.63, 3.8) is 0 Å². The van der Waals surface area contributed by atoms with Crippen molar-refractivity contribution < 1.29 is 27.6 Å². The van der Waals surface area contributed by atoms with E-state index in [0.717, 1.165) is 19.9 Å². The third-order valence-electron chi connectivity index (χ3n) is 8.45. The first-order valence-corrected chi connectivity index (χ1v) is 17.1. The highest BCUT2D eigenvalue weighted by atomic mass is 79.9. The smallest absolute Gasteiger partial charge is 0.410 e. The zero-order valence-corrected chi connectivity index (χ0v) is 28.7. The molecule has 15 heteroatoms. The Morgan fingerprint density at radius 3 is 2.55 bits per heavy atom. The Balaban J connectivity index is 1.55. The second-order valence-corrected chi connectivity index (χ2v) is 15.1. The van der Waals surface area contributed by atoms with Gasteiger partial charge in [0.05, 0.1) is 42.1 Å². The van der Waals surface area contributed by atoms with Gasteiger partial charge in [-0.1, -0.05) is 24.3 Å². The lowest BCUT2D eigenvalue weighted by Gasteiger charge is -2.40. The van der Waals surface area contributed by atoms with Crippen LogP contribution in [-0.4, -0.2) is 76.4 Å². The van der Waals surface area contributed by atoms with Crippen LogP contribution in [0.2, 0.25) is 0 Å². The predicted octanol–water partition coefficient (Wildman–Crippen LogP) is 4.53. The molecule has 2 amide bonds. The first kappa shape index (κ1) is 31.3. The number of aromatic nitrogens is 4. The number of hydrogen-bond acceptors (Lipinski definition) is 9. The van der Waals surface area contributed by atoms with E-state index in [0.29, 0.717) is 27.8 Å². The number of hydrogen-bond donors (Lipinski definition) is 1. The van der Waals surface area contributed by atoms with E-state index in [4.69, 9.17) is 9.57 Å². The molecule has 1 fully saturated rings. The highest BCUT2D eigenvalue weighted by molar-refractivity contribution is 9.10. The van der Waals surface area contributed by atoms with Crippen LogP contribution >= 0.6 is 15.9 Å². The van der Waals surface area contributed by atoms with Crippen LogP contribution in [0.25, 0.3) is 33.1 Å². The van der Waals surface area contributed by atoms with Crippen LogP contribution < -0.4 is 10.4 Å². The maximum Gasteiger partial charge on any atom is 0.410 e. The summed E-state index contributed by atoms with van der Waals surface area (Å²) in [7, 11) is -0.990. The van der Waals surface area contributed by atoms with Gasteiger partial charge >= 0.3 is 6.09 Å². The standard InChI is InChI=1S/C32H32BrN7O6S/c1-31(2,3)46-30(42)38-14-13-35-32(18-38)26-23(39(45-5)29(32)41)17-34-28-25(26)24(19-11-12-22-20(15-19)16-36-37(22)4)27(33)40(28)47(43,44)21-9-7-6-8-10-21/h6-12,15-17,35H,13-14,18H2,1-5H3. The molecule has 2 aromatic carbocycles. The van der Waals surface area contributed by atoms with Crippen molar-refractivity contribution in [1.82, 2.24) is 29.0 Å². The van der Waals surface area contributed by atoms with Gasteiger partial charge in [-0.2, -0.15) is 10.2 Å². The van der Waals surface area contributed by atoms with Crippen molar-refractivity contribution in [3.05, 3.63) is 71.1 Å². The van der Waals surface area contributed by atoms with Crippen LogP contribution in [0.4, 0.5) is 10.5 Å². The number of fused-ring (bicyclic) bond motifs is 5. The van der Waals surface area contributed by atoms with Crippen molar-refractivity contribution in [3.8, 4) is 11.1 Å². The molecular weight excluding hydrogens is 690 g/mol. The van der Waals surface area contributed by atoms with E-state index in [-0.39, 0.29) is 34.8 Å². The Kier molecular flexibility index (Phi) is 7.24. The lowest BCUT2D eigenvalue weighted by molar-refractivity contribution is -0.132. The Bertz CT molecular complexity index is 2210. The molecule has 7 rings (SSSR count). The number of hydroxylamine groups is 1. The van der Waals surface area contributed by atoms with E-state index < -0.39 is 33.2 Å². The summed E-state index contributed by atoms with van der Waals surface area (Å²) in [6.45, 7) is 5.78. The fraction of sp³-hybridized carbons (Fsp3) is 0.312. The number of carbonyl (C=O) groups is 2. The van der Waals surface area contributed by atoms with Gasteiger partial charge in [0.2, 0.25) is 0 Å². The number of carbonyl (C=O) groups excluding carboxylic acids is 2. The van der Waals surface area contributed by atoms with Crippen LogP contribution in [0.1, 0.15) is 26.3 Å². The number of halogens is 1. The molecule has 1 unspecified atom stereocenters. The molecule has 2 aliphatic heterocycles. The molecule has 5 heterocycles. The number of amides is 2. The summed E-state index contributed by atoms with van der Waals surface area (Å²) in [5.41, 5.74) is 0.635. The van der Waals surface area contributed by atoms with Gasteiger partial charge in [0.15, 0.2) is 5.65 Å². The number of ether oxygens (including phenoxy) is 1. The van der Waals surface area contributed by atoms with Gasteiger partial charge in [0, 0.05) is 42.0 Å². The molecule has 244 valence electrons. The third kappa shape index (κ3) is 4.74. The van der Waals surface area contributed by atoms with Gasteiger partial charge in [-0.25, -0.2) is 22.2 Å². The Morgan fingerprint density at radius 1 is 1.11 bits per heavy atom. The van der Waals surface area contributed by atoms with E-state index >= 15 is 0 Å². The molecule has 13 nitrogen and oxygen atoms in total. The molecule has 0 radical (unpaired) electrons. The monoisotopic (exact) mass is 721 g/mol. The molecule has 2 aliphatic rings. The van der Waals surface area contributed by atoms with Crippen molar-refractivity contribution in [2.45, 2.75) is 36.8 Å². The zero-order valence-electron chi connectivity index (χ0n) is 26.3. The Hall–Kier alpha value is -4.31. The van der Waals surface area contributed by atoms with Gasteiger partial charge < -0.3 is 9.64 Å². The maximum atomic E-state index is 14.4. The van der Waals surface area contributed by atoms with E-state index in [1.54, 1.807) is 49.8 Å². The quantitative estimate of drug-likeness (QED) is 0.283. The molecule has 0 saturated carbocycles. The van der Waals surface area contributed by atoms with E-state index in [9.17, 15) is 18.0 Å². The fourth-order valence-electron chi connectivity index (χ4n) is 6.45. The van der Waals surface area contributed by atoms with Gasteiger partial charge in [0.1, 0.15) is 15.7 Å². The topological polar surface area (TPSA) is 141 Å². The Labute approximate surface area is 279 Å². The number of rotatable bonds is 4. The minimum atomic E-state index is -4.20. The average molecular weight is 723 g/mol. The largest absolute Gasteiger partial charge is 0.444 e. The summed E-state index contributed by atoms with van der Waals surface area (Å²) >= 11 is 3.66. The summed E-state index contributed by atoms with van der Waals surface area (Å²) in [6.07, 6.45) is 2.59. The van der Waals surface area contributed by atoms with Gasteiger partial charge in [-0.15, -0.1) is 0 Å². The summed E-state index contributed by atoms with van der Waals surface area (Å²) in [6, 6.07) is 13.8. The van der Waals surface area contributed by atoms with Crippen LogP contribution in [-0.2, 0) is 37.0 Å². The summed E-state index contributed by atoms with van der Waals surface area (Å²) < 4.78 is 37.5. The highest BCUT2D eigenvalue weighted by Gasteiger charge is 2.57. The molecule has 3 aromatic heterocycles. The van der Waals surface area contributed by atoms with E-state index in [2.05, 4.69) is 31.3 Å². The Morgan fingerprint density at radius 2 is 1.85 bits per heavy atom. The fourth-order valence-corrected chi connectivity index (χ4v) is 9.00. The third-order valence-corrected chi connectivity index (χ3v) is 11.1. The summed E-state index contributed by atoms with van der Waals surface area (Å²) in [5.74, 6) is -0.471. The predicted molar refractivity (Wildman–Crippen MR) is 178 cm³/mol. The van der Waals surface area contributed by atoms with Gasteiger partial charge in [0.25, 0.3) is 15.9 Å². The van der Waals surface area contributed by atoms with Crippen LogP contribution in [0.5, 0.6) is 0 Å². The highest BCUT2D eigenvalue weighted by Crippen LogP contribution is 2.51. The average Bonchev–Trinajstić information content (AvgIpc) is 3.63. The SMILES string of the molecule is CON1C(=O)C2(CN(C(=O)OC(C)(C)C)CCN2)c2c1cnc1c2c(-c2ccc3c(cnn3C)c2)c(Br)n1S(=O)(=O)c1ccccc1. The van der Waals surface area contributed by atoms with Crippen LogP contribution in [0, 0.1) is 0 Å². The van der Waals surface area contributed by atoms with Crippen molar-refractivity contribution >= 4 is 65.6 Å². The molecule has 1 atom stereocenters. The molecule has 1 N–H and O–H groups in total. The number of nitrogens with zero attached hydrogens (tertiary/aromatic N) is 6. The van der Waals surface area contributed by atoms with E-state index in [1.165, 1.54) is 30.3 Å². The van der Waals surface area contributed by atoms with Gasteiger partial charge in [-0.3, -0.25) is 19.6 Å². The molecule has 1 spiro atoms. The lowest BCUT2D eigenvalue weighted by atomic mass is 9.85. The van der Waals surface area contributed by atoms with Crippen molar-refractivity contribution in [2.75, 3.05) is 31.8 Å². The number of pyridine rings is 1. The minimum Gasteiger partial charge on any atom is -0.444 e. The molecule has 0 aliphatic carbocycles. The summed E-state index contributed by atoms with van der Waals surface area (Å²) in [5, 5.41) is 10.1. The first-order valence-electron chi connectivity index (χ1n) is 14.9. The molecule has 0 bridgehead atoms. The number of aryl methyl sites for hydroxylation is 1. The van der Waals surface area contributed by atoms with Crippen LogP contribution in [0.3, 0.4) is 0 Å². The normalized spacial score (nSPS) is 18.5. The number of anilines is 1. The van der Waals surface area contributed by atoms with Crippen LogP contribution in [0.15, 0.2) is 70.4 Å². The minimum absolute atomic E-state index is 0.0605. The molecular formula is C32H32BrN7O6S. The molecule has 47 heavy (non-hydrogen) atoms. The van der Waals surface area contributed by atoms with Crippen molar-refractivity contribution in [2.24, 2.45) is 7.05 Å².